The molecule has 0 spiro atoms. The highest BCUT2D eigenvalue weighted by molar-refractivity contribution is 7.88. The minimum atomic E-state index is -3.85. The summed E-state index contributed by atoms with van der Waals surface area (Å²) in [6, 6.07) is 14.7. The van der Waals surface area contributed by atoms with E-state index in [0.29, 0.717) is 17.5 Å². The topological polar surface area (TPSA) is 145 Å². The predicted octanol–water partition coefficient (Wildman–Crippen LogP) is 1.20. The lowest BCUT2D eigenvalue weighted by molar-refractivity contribution is -0.142. The molecule has 2 saturated heterocycles. The molecule has 2 heterocycles. The van der Waals surface area contributed by atoms with E-state index in [2.05, 4.69) is 0 Å². The summed E-state index contributed by atoms with van der Waals surface area (Å²) in [5.41, 5.74) is 1.23. The van der Waals surface area contributed by atoms with Crippen molar-refractivity contribution in [2.45, 2.75) is 31.6 Å². The summed E-state index contributed by atoms with van der Waals surface area (Å²) in [5, 5.41) is 0. The third kappa shape index (κ3) is 5.35. The number of amides is 1. The fourth-order valence-electron chi connectivity index (χ4n) is 4.94. The monoisotopic (exact) mass is 528 g/mol. The number of carbonyl (C=O) groups excluding carboxylic acids is 4. The van der Waals surface area contributed by atoms with Crippen LogP contribution in [0.3, 0.4) is 0 Å². The standard InChI is InChI=1S/C25H24N2O9S/c28-22-13-27(37(32,33)26-22)12-15-6-8-17(9-7-15)24(30)34-14-19-18-10-23(29)35-20(18)11-21(19)36-25(31)16-4-2-1-3-5-16/h1-9,18-21H,10-14H2,(H,26,28)/t18-,19-,20+,21-/m1/s1. The number of fused-ring (bicyclic) bond motifs is 1. The number of nitrogens with zero attached hydrogens (tertiary/aromatic N) is 1. The van der Waals surface area contributed by atoms with Crippen LogP contribution in [-0.4, -0.2) is 61.9 Å². The number of nitrogens with one attached hydrogen (secondary N) is 1. The molecule has 1 N–H and O–H groups in total. The van der Waals surface area contributed by atoms with Gasteiger partial charge in [0, 0.05) is 24.8 Å². The smallest absolute Gasteiger partial charge is 0.338 e. The molecule has 1 saturated carbocycles. The summed E-state index contributed by atoms with van der Waals surface area (Å²) in [7, 11) is -3.85. The second-order valence-corrected chi connectivity index (χ2v) is 10.9. The second-order valence-electron chi connectivity index (χ2n) is 9.20. The van der Waals surface area contributed by atoms with Gasteiger partial charge in [0.2, 0.25) is 5.91 Å². The van der Waals surface area contributed by atoms with Crippen LogP contribution in [0, 0.1) is 11.8 Å². The van der Waals surface area contributed by atoms with Crippen LogP contribution in [0.15, 0.2) is 54.6 Å². The SMILES string of the molecule is O=C1CN(Cc2ccc(C(=O)OC[C@@H]3[C@H]4CC(=O)O[C@H]4C[C@H]3OC(=O)c3ccccc3)cc2)S(=O)(=O)N1. The van der Waals surface area contributed by atoms with Crippen LogP contribution < -0.4 is 4.72 Å². The van der Waals surface area contributed by atoms with E-state index in [1.165, 1.54) is 12.1 Å². The molecule has 0 bridgehead atoms. The van der Waals surface area contributed by atoms with Gasteiger partial charge >= 0.3 is 28.1 Å². The molecule has 3 aliphatic rings. The minimum absolute atomic E-state index is 0.0238. The number of ether oxygens (including phenoxy) is 3. The normalized spacial score (nSPS) is 26.3. The maximum atomic E-state index is 12.7. The number of benzene rings is 2. The number of carbonyl (C=O) groups is 4. The van der Waals surface area contributed by atoms with Crippen LogP contribution in [0.25, 0.3) is 0 Å². The van der Waals surface area contributed by atoms with Crippen LogP contribution >= 0.6 is 0 Å². The van der Waals surface area contributed by atoms with Gasteiger partial charge in [-0.1, -0.05) is 30.3 Å². The quantitative estimate of drug-likeness (QED) is 0.414. The zero-order valence-corrected chi connectivity index (χ0v) is 20.4. The third-order valence-electron chi connectivity index (χ3n) is 6.78. The molecule has 1 amide bonds. The summed E-state index contributed by atoms with van der Waals surface area (Å²) in [4.78, 5) is 48.5. The summed E-state index contributed by atoms with van der Waals surface area (Å²) in [6.07, 6.45) is -0.475. The average molecular weight is 529 g/mol. The molecule has 3 fully saturated rings. The first kappa shape index (κ1) is 24.9. The minimum Gasteiger partial charge on any atom is -0.462 e. The number of hydrogen-bond donors (Lipinski definition) is 1. The molecule has 2 aliphatic heterocycles. The Morgan fingerprint density at radius 2 is 1.70 bits per heavy atom. The van der Waals surface area contributed by atoms with Crippen molar-refractivity contribution in [1.29, 1.82) is 0 Å². The number of esters is 3. The second kappa shape index (κ2) is 9.94. The van der Waals surface area contributed by atoms with E-state index in [0.717, 1.165) is 4.31 Å². The Morgan fingerprint density at radius 3 is 2.38 bits per heavy atom. The molecule has 2 aromatic rings. The van der Waals surface area contributed by atoms with Crippen molar-refractivity contribution in [3.05, 3.63) is 71.3 Å². The highest BCUT2D eigenvalue weighted by atomic mass is 32.2. The van der Waals surface area contributed by atoms with Crippen LogP contribution in [0.1, 0.15) is 39.1 Å². The molecule has 11 nitrogen and oxygen atoms in total. The van der Waals surface area contributed by atoms with Crippen molar-refractivity contribution < 1.29 is 41.8 Å². The molecule has 1 aliphatic carbocycles. The van der Waals surface area contributed by atoms with Crippen molar-refractivity contribution >= 4 is 34.0 Å². The molecule has 12 heteroatoms. The molecule has 0 aromatic heterocycles. The largest absolute Gasteiger partial charge is 0.462 e. The van der Waals surface area contributed by atoms with Gasteiger partial charge in [-0.25, -0.2) is 14.3 Å². The summed E-state index contributed by atoms with van der Waals surface area (Å²) in [6.45, 7) is -0.354. The molecule has 0 radical (unpaired) electrons. The molecule has 4 atom stereocenters. The van der Waals surface area contributed by atoms with E-state index in [1.807, 2.05) is 4.72 Å². The molecule has 2 aromatic carbocycles. The maximum Gasteiger partial charge on any atom is 0.338 e. The highest BCUT2D eigenvalue weighted by Crippen LogP contribution is 2.43. The fraction of sp³-hybridized carbons (Fsp3) is 0.360. The molecular weight excluding hydrogens is 504 g/mol. The van der Waals surface area contributed by atoms with E-state index in [1.54, 1.807) is 42.5 Å². The van der Waals surface area contributed by atoms with Crippen molar-refractivity contribution in [3.8, 4) is 0 Å². The third-order valence-corrected chi connectivity index (χ3v) is 8.20. The van der Waals surface area contributed by atoms with E-state index >= 15 is 0 Å². The lowest BCUT2D eigenvalue weighted by Crippen LogP contribution is -2.30. The Hall–Kier alpha value is -3.77. The van der Waals surface area contributed by atoms with Gasteiger partial charge in [-0.15, -0.1) is 0 Å². The Morgan fingerprint density at radius 1 is 1.00 bits per heavy atom. The molecule has 37 heavy (non-hydrogen) atoms. The van der Waals surface area contributed by atoms with Crippen LogP contribution in [0.4, 0.5) is 0 Å². The van der Waals surface area contributed by atoms with E-state index in [4.69, 9.17) is 14.2 Å². The van der Waals surface area contributed by atoms with Gasteiger partial charge in [0.15, 0.2) is 0 Å². The number of rotatable bonds is 7. The first-order chi connectivity index (χ1) is 17.7. The zero-order chi connectivity index (χ0) is 26.2. The van der Waals surface area contributed by atoms with Gasteiger partial charge in [-0.05, 0) is 29.8 Å². The predicted molar refractivity (Wildman–Crippen MR) is 126 cm³/mol. The van der Waals surface area contributed by atoms with Crippen molar-refractivity contribution in [2.75, 3.05) is 13.2 Å². The van der Waals surface area contributed by atoms with E-state index in [-0.39, 0.29) is 43.6 Å². The van der Waals surface area contributed by atoms with Crippen LogP contribution in [0.5, 0.6) is 0 Å². The van der Waals surface area contributed by atoms with Crippen molar-refractivity contribution in [1.82, 2.24) is 9.03 Å². The van der Waals surface area contributed by atoms with Gasteiger partial charge in [0.25, 0.3) is 0 Å². The van der Waals surface area contributed by atoms with Crippen LogP contribution in [0.2, 0.25) is 0 Å². The van der Waals surface area contributed by atoms with Crippen molar-refractivity contribution in [3.63, 3.8) is 0 Å². The molecule has 0 unspecified atom stereocenters. The lowest BCUT2D eigenvalue weighted by atomic mass is 9.93. The van der Waals surface area contributed by atoms with E-state index in [9.17, 15) is 27.6 Å². The fourth-order valence-corrected chi connectivity index (χ4v) is 6.02. The van der Waals surface area contributed by atoms with Gasteiger partial charge in [-0.3, -0.25) is 9.59 Å². The van der Waals surface area contributed by atoms with Crippen molar-refractivity contribution in [2.24, 2.45) is 11.8 Å². The Kier molecular flexibility index (Phi) is 6.69. The van der Waals surface area contributed by atoms with E-state index < -0.39 is 46.2 Å². The Balaban J connectivity index is 1.21. The maximum absolute atomic E-state index is 12.7. The number of hydrogen-bond acceptors (Lipinski definition) is 9. The van der Waals surface area contributed by atoms with Gasteiger partial charge < -0.3 is 14.2 Å². The first-order valence-corrected chi connectivity index (χ1v) is 13.2. The summed E-state index contributed by atoms with van der Waals surface area (Å²) >= 11 is 0. The van der Waals surface area contributed by atoms with Gasteiger partial charge in [0.1, 0.15) is 12.2 Å². The lowest BCUT2D eigenvalue weighted by Gasteiger charge is -2.23. The van der Waals surface area contributed by atoms with Crippen LogP contribution in [-0.2, 0) is 40.6 Å². The Bertz CT molecular complexity index is 1330. The average Bonchev–Trinajstić information content (AvgIpc) is 3.46. The highest BCUT2D eigenvalue weighted by Gasteiger charge is 2.52. The Labute approximate surface area is 212 Å². The first-order valence-electron chi connectivity index (χ1n) is 11.7. The summed E-state index contributed by atoms with van der Waals surface area (Å²) < 4.78 is 43.3. The molecule has 5 rings (SSSR count). The van der Waals surface area contributed by atoms with Gasteiger partial charge in [-0.2, -0.15) is 12.7 Å². The molecular formula is C25H24N2O9S. The molecule has 194 valence electrons. The van der Waals surface area contributed by atoms with Gasteiger partial charge in [0.05, 0.1) is 30.7 Å². The zero-order valence-electron chi connectivity index (χ0n) is 19.6. The summed E-state index contributed by atoms with van der Waals surface area (Å²) in [5.74, 6) is -2.67.